The summed E-state index contributed by atoms with van der Waals surface area (Å²) in [5.74, 6) is 0.374. The highest BCUT2D eigenvalue weighted by Crippen LogP contribution is 2.26. The largest absolute Gasteiger partial charge is 0.493 e. The van der Waals surface area contributed by atoms with Gasteiger partial charge in [0.2, 0.25) is 0 Å². The summed E-state index contributed by atoms with van der Waals surface area (Å²) < 4.78 is 5.66. The molecule has 0 atom stereocenters. The molecule has 29 heavy (non-hydrogen) atoms. The summed E-state index contributed by atoms with van der Waals surface area (Å²) >= 11 is 1.59. The number of carbonyl (C=O) groups excluding carboxylic acids is 1. The molecule has 2 N–H and O–H groups in total. The normalized spacial score (nSPS) is 10.7. The monoisotopic (exact) mass is 404 g/mol. The van der Waals surface area contributed by atoms with E-state index in [1.165, 1.54) is 0 Å². The van der Waals surface area contributed by atoms with Gasteiger partial charge in [0, 0.05) is 35.4 Å². The molecule has 0 unspecified atom stereocenters. The highest BCUT2D eigenvalue weighted by Gasteiger charge is 2.15. The van der Waals surface area contributed by atoms with Crippen LogP contribution in [0.5, 0.6) is 5.75 Å². The zero-order chi connectivity index (χ0) is 20.1. The fraction of sp³-hybridized carbons (Fsp3) is 0.136. The van der Waals surface area contributed by atoms with Gasteiger partial charge in [-0.05, 0) is 42.8 Å². The average Bonchev–Trinajstić information content (AvgIpc) is 3.47. The first-order valence-electron chi connectivity index (χ1n) is 9.28. The maximum absolute atomic E-state index is 12.9. The van der Waals surface area contributed by atoms with Crippen LogP contribution in [0.1, 0.15) is 22.8 Å². The summed E-state index contributed by atoms with van der Waals surface area (Å²) in [5.41, 5.74) is 4.27. The number of rotatable bonds is 7. The molecular formula is C22H20N4O2S. The molecule has 0 fully saturated rings. The third kappa shape index (κ3) is 4.35. The van der Waals surface area contributed by atoms with Gasteiger partial charge in [-0.2, -0.15) is 5.10 Å². The van der Waals surface area contributed by atoms with Crippen LogP contribution >= 0.6 is 11.3 Å². The van der Waals surface area contributed by atoms with Gasteiger partial charge >= 0.3 is 0 Å². The Morgan fingerprint density at radius 3 is 2.83 bits per heavy atom. The number of benzene rings is 2. The molecule has 146 valence electrons. The zero-order valence-electron chi connectivity index (χ0n) is 15.9. The predicted octanol–water partition coefficient (Wildman–Crippen LogP) is 4.53. The van der Waals surface area contributed by atoms with E-state index < -0.39 is 0 Å². The number of amides is 1. The minimum atomic E-state index is -0.186. The Bertz CT molecular complexity index is 1090. The van der Waals surface area contributed by atoms with E-state index in [1.807, 2.05) is 60.8 Å². The summed E-state index contributed by atoms with van der Waals surface area (Å²) in [6, 6.07) is 15.4. The van der Waals surface area contributed by atoms with Gasteiger partial charge < -0.3 is 10.1 Å². The molecule has 1 amide bonds. The molecule has 0 aliphatic rings. The Labute approximate surface area is 172 Å². The maximum Gasteiger partial charge on any atom is 0.255 e. The number of aromatic nitrogens is 3. The Hall–Kier alpha value is -3.45. The summed E-state index contributed by atoms with van der Waals surface area (Å²) in [5, 5.41) is 12.8. The van der Waals surface area contributed by atoms with E-state index in [-0.39, 0.29) is 5.91 Å². The van der Waals surface area contributed by atoms with E-state index in [0.717, 1.165) is 27.4 Å². The molecule has 0 aliphatic carbocycles. The SMILES string of the molecule is CCOc1ccc(-c2ccn[nH]2)cc1C(=O)NCc1cccc(-c2nccs2)c1. The number of aromatic amines is 1. The van der Waals surface area contributed by atoms with Gasteiger partial charge in [-0.15, -0.1) is 11.3 Å². The fourth-order valence-electron chi connectivity index (χ4n) is 3.03. The number of hydrogen-bond donors (Lipinski definition) is 2. The van der Waals surface area contributed by atoms with Crippen molar-refractivity contribution in [3.05, 3.63) is 77.4 Å². The van der Waals surface area contributed by atoms with Crippen molar-refractivity contribution in [1.82, 2.24) is 20.5 Å². The van der Waals surface area contributed by atoms with Gasteiger partial charge in [0.05, 0.1) is 17.9 Å². The first-order valence-corrected chi connectivity index (χ1v) is 10.2. The molecule has 0 saturated heterocycles. The number of nitrogens with one attached hydrogen (secondary N) is 2. The molecule has 2 aromatic heterocycles. The maximum atomic E-state index is 12.9. The third-order valence-electron chi connectivity index (χ3n) is 4.40. The topological polar surface area (TPSA) is 79.9 Å². The molecule has 4 rings (SSSR count). The number of thiazole rings is 1. The molecule has 4 aromatic rings. The van der Waals surface area contributed by atoms with Crippen molar-refractivity contribution >= 4 is 17.2 Å². The third-order valence-corrected chi connectivity index (χ3v) is 5.22. The van der Waals surface area contributed by atoms with Gasteiger partial charge in [-0.1, -0.05) is 18.2 Å². The van der Waals surface area contributed by atoms with Crippen LogP contribution in [-0.2, 0) is 6.54 Å². The Balaban J connectivity index is 1.53. The van der Waals surface area contributed by atoms with Crippen LogP contribution in [0.15, 0.2) is 66.3 Å². The number of carbonyl (C=O) groups is 1. The van der Waals surface area contributed by atoms with Crippen molar-refractivity contribution in [1.29, 1.82) is 0 Å². The van der Waals surface area contributed by atoms with Crippen molar-refractivity contribution in [2.45, 2.75) is 13.5 Å². The van der Waals surface area contributed by atoms with Gasteiger partial charge in [0.15, 0.2) is 0 Å². The molecule has 2 heterocycles. The summed E-state index contributed by atoms with van der Waals surface area (Å²) in [7, 11) is 0. The Morgan fingerprint density at radius 1 is 1.14 bits per heavy atom. The summed E-state index contributed by atoms with van der Waals surface area (Å²) in [6.45, 7) is 2.80. The number of H-pyrrole nitrogens is 1. The number of nitrogens with zero attached hydrogens (tertiary/aromatic N) is 2. The van der Waals surface area contributed by atoms with Crippen molar-refractivity contribution in [2.24, 2.45) is 0 Å². The second kappa shape index (κ2) is 8.70. The van der Waals surface area contributed by atoms with Crippen LogP contribution in [0.25, 0.3) is 21.8 Å². The van der Waals surface area contributed by atoms with Gasteiger partial charge in [-0.3, -0.25) is 9.89 Å². The standard InChI is InChI=1S/C22H20N4O2S/c1-2-28-20-7-6-16(19-8-9-25-26-19)13-18(20)21(27)24-14-15-4-3-5-17(12-15)22-23-10-11-29-22/h3-13H,2,14H2,1H3,(H,24,27)(H,25,26). The molecule has 2 aromatic carbocycles. The van der Waals surface area contributed by atoms with Crippen LogP contribution in [-0.4, -0.2) is 27.7 Å². The first-order chi connectivity index (χ1) is 14.2. The van der Waals surface area contributed by atoms with E-state index in [9.17, 15) is 4.79 Å². The number of hydrogen-bond acceptors (Lipinski definition) is 5. The molecule has 6 nitrogen and oxygen atoms in total. The molecule has 0 radical (unpaired) electrons. The molecule has 0 saturated carbocycles. The van der Waals surface area contributed by atoms with Gasteiger partial charge in [0.25, 0.3) is 5.91 Å². The van der Waals surface area contributed by atoms with E-state index in [0.29, 0.717) is 24.5 Å². The van der Waals surface area contributed by atoms with Crippen molar-refractivity contribution in [3.8, 4) is 27.6 Å². The van der Waals surface area contributed by atoms with Crippen LogP contribution in [0.4, 0.5) is 0 Å². The van der Waals surface area contributed by atoms with Crippen LogP contribution < -0.4 is 10.1 Å². The second-order valence-electron chi connectivity index (χ2n) is 6.33. The predicted molar refractivity (Wildman–Crippen MR) is 114 cm³/mol. The zero-order valence-corrected chi connectivity index (χ0v) is 16.7. The van der Waals surface area contributed by atoms with Crippen LogP contribution in [0.3, 0.4) is 0 Å². The van der Waals surface area contributed by atoms with Gasteiger partial charge in [0.1, 0.15) is 10.8 Å². The molecule has 7 heteroatoms. The molecule has 0 bridgehead atoms. The van der Waals surface area contributed by atoms with E-state index in [4.69, 9.17) is 4.74 Å². The van der Waals surface area contributed by atoms with Crippen LogP contribution in [0.2, 0.25) is 0 Å². The Morgan fingerprint density at radius 2 is 2.07 bits per heavy atom. The number of ether oxygens (including phenoxy) is 1. The highest BCUT2D eigenvalue weighted by atomic mass is 32.1. The Kier molecular flexibility index (Phi) is 5.67. The lowest BCUT2D eigenvalue weighted by atomic mass is 10.1. The highest BCUT2D eigenvalue weighted by molar-refractivity contribution is 7.13. The molecule has 0 aliphatic heterocycles. The van der Waals surface area contributed by atoms with Crippen molar-refractivity contribution in [2.75, 3.05) is 6.61 Å². The lowest BCUT2D eigenvalue weighted by Crippen LogP contribution is -2.23. The van der Waals surface area contributed by atoms with E-state index in [1.54, 1.807) is 23.7 Å². The fourth-order valence-corrected chi connectivity index (χ4v) is 3.67. The minimum absolute atomic E-state index is 0.186. The van der Waals surface area contributed by atoms with E-state index >= 15 is 0 Å². The molecular weight excluding hydrogens is 384 g/mol. The smallest absolute Gasteiger partial charge is 0.255 e. The van der Waals surface area contributed by atoms with Crippen molar-refractivity contribution < 1.29 is 9.53 Å². The first kappa shape index (κ1) is 18.9. The second-order valence-corrected chi connectivity index (χ2v) is 7.23. The summed E-state index contributed by atoms with van der Waals surface area (Å²) in [4.78, 5) is 17.3. The van der Waals surface area contributed by atoms with Gasteiger partial charge in [-0.25, -0.2) is 4.98 Å². The quantitative estimate of drug-likeness (QED) is 0.474. The summed E-state index contributed by atoms with van der Waals surface area (Å²) in [6.07, 6.45) is 3.47. The lowest BCUT2D eigenvalue weighted by molar-refractivity contribution is 0.0947. The average molecular weight is 404 g/mol. The minimum Gasteiger partial charge on any atom is -0.493 e. The van der Waals surface area contributed by atoms with E-state index in [2.05, 4.69) is 20.5 Å². The lowest BCUT2D eigenvalue weighted by Gasteiger charge is -2.12. The van der Waals surface area contributed by atoms with Crippen molar-refractivity contribution in [3.63, 3.8) is 0 Å². The molecule has 0 spiro atoms. The van der Waals surface area contributed by atoms with Crippen LogP contribution in [0, 0.1) is 0 Å².